The number of amides is 3. The number of hydrogen-bond donors (Lipinski definition) is 2. The number of benzene rings is 2. The smallest absolute Gasteiger partial charge is 0.265 e. The lowest BCUT2D eigenvalue weighted by atomic mass is 9.73. The van der Waals surface area contributed by atoms with Crippen molar-refractivity contribution in [3.05, 3.63) is 111 Å². The van der Waals surface area contributed by atoms with Gasteiger partial charge in [-0.3, -0.25) is 14.4 Å². The van der Waals surface area contributed by atoms with Crippen molar-refractivity contribution in [3.8, 4) is 9.75 Å². The minimum atomic E-state index is -0.849. The number of anilines is 4. The van der Waals surface area contributed by atoms with Crippen LogP contribution in [0.3, 0.4) is 0 Å². The molecule has 53 heavy (non-hydrogen) atoms. The van der Waals surface area contributed by atoms with Crippen molar-refractivity contribution in [2.45, 2.75) is 38.5 Å². The van der Waals surface area contributed by atoms with Gasteiger partial charge in [0.1, 0.15) is 23.1 Å². The third-order valence-corrected chi connectivity index (χ3v) is 13.0. The maximum atomic E-state index is 14.2. The number of ether oxygens (including phenoxy) is 1. The maximum absolute atomic E-state index is 14.2. The Morgan fingerprint density at radius 3 is 2.40 bits per heavy atom. The van der Waals surface area contributed by atoms with E-state index in [1.165, 1.54) is 28.7 Å². The quantitative estimate of drug-likeness (QED) is 0.183. The number of carbonyl (C=O) groups is 3. The van der Waals surface area contributed by atoms with Crippen LogP contribution in [0.4, 0.5) is 31.7 Å². The van der Waals surface area contributed by atoms with E-state index in [0.717, 1.165) is 109 Å². The first-order chi connectivity index (χ1) is 25.7. The van der Waals surface area contributed by atoms with Crippen molar-refractivity contribution < 1.29 is 27.9 Å². The molecule has 270 valence electrons. The average molecular weight is 752 g/mol. The number of rotatable bonds is 6. The topological polar surface area (TPSA) is 104 Å². The van der Waals surface area contributed by atoms with Gasteiger partial charge in [-0.2, -0.15) is 0 Å². The summed E-state index contributed by atoms with van der Waals surface area (Å²) < 4.78 is 34.0. The summed E-state index contributed by atoms with van der Waals surface area (Å²) in [7, 11) is 0. The molecule has 0 saturated carbocycles. The lowest BCUT2D eigenvalue weighted by Crippen LogP contribution is -2.59. The van der Waals surface area contributed by atoms with E-state index >= 15 is 0 Å². The van der Waals surface area contributed by atoms with Crippen molar-refractivity contribution in [2.75, 3.05) is 53.3 Å². The van der Waals surface area contributed by atoms with Crippen molar-refractivity contribution >= 4 is 63.3 Å². The van der Waals surface area contributed by atoms with Crippen molar-refractivity contribution in [3.63, 3.8) is 0 Å². The molecule has 2 saturated heterocycles. The minimum absolute atomic E-state index is 0.185. The molecule has 0 radical (unpaired) electrons. The summed E-state index contributed by atoms with van der Waals surface area (Å²) in [6, 6.07) is 16.0. The van der Waals surface area contributed by atoms with Gasteiger partial charge in [0.15, 0.2) is 0 Å². The lowest BCUT2D eigenvalue weighted by Gasteiger charge is -2.53. The van der Waals surface area contributed by atoms with Crippen molar-refractivity contribution in [1.29, 1.82) is 0 Å². The summed E-state index contributed by atoms with van der Waals surface area (Å²) in [5, 5.41) is 7.33. The van der Waals surface area contributed by atoms with Crippen LogP contribution >= 0.6 is 22.7 Å². The van der Waals surface area contributed by atoms with Gasteiger partial charge in [0.2, 0.25) is 0 Å². The monoisotopic (exact) mass is 751 g/mol. The molecule has 1 spiro atoms. The number of para-hydroxylation sites is 1. The van der Waals surface area contributed by atoms with E-state index in [1.54, 1.807) is 35.2 Å². The predicted octanol–water partition coefficient (Wildman–Crippen LogP) is 7.96. The van der Waals surface area contributed by atoms with Gasteiger partial charge in [-0.1, -0.05) is 6.07 Å². The normalized spacial score (nSPS) is 17.0. The molecule has 3 aliphatic heterocycles. The van der Waals surface area contributed by atoms with Crippen LogP contribution in [0.25, 0.3) is 9.75 Å². The molecule has 4 aliphatic rings. The summed E-state index contributed by atoms with van der Waals surface area (Å²) in [5.74, 6) is -1.95. The van der Waals surface area contributed by atoms with Crippen LogP contribution in [0, 0.1) is 17.0 Å². The number of pyridine rings is 1. The number of aromatic nitrogens is 1. The molecule has 0 unspecified atom stereocenters. The molecule has 0 bridgehead atoms. The summed E-state index contributed by atoms with van der Waals surface area (Å²) in [4.78, 5) is 51.8. The number of hydrogen-bond acceptors (Lipinski definition) is 8. The van der Waals surface area contributed by atoms with Crippen LogP contribution < -0.4 is 20.4 Å². The van der Waals surface area contributed by atoms with Gasteiger partial charge in [0, 0.05) is 55.2 Å². The van der Waals surface area contributed by atoms with E-state index in [0.29, 0.717) is 34.7 Å². The second-order valence-electron chi connectivity index (χ2n) is 14.2. The first-order valence-corrected chi connectivity index (χ1v) is 19.5. The Labute approximate surface area is 312 Å². The largest absolute Gasteiger partial charge is 0.381 e. The molecule has 5 aromatic rings. The third kappa shape index (κ3) is 6.20. The zero-order valence-corrected chi connectivity index (χ0v) is 30.3. The van der Waals surface area contributed by atoms with Crippen LogP contribution in [0.5, 0.6) is 0 Å². The average Bonchev–Trinajstić information content (AvgIpc) is 3.91. The second-order valence-corrected chi connectivity index (χ2v) is 16.1. The van der Waals surface area contributed by atoms with Gasteiger partial charge in [-0.25, -0.2) is 13.8 Å². The molecule has 3 aromatic heterocycles. The summed E-state index contributed by atoms with van der Waals surface area (Å²) in [5.41, 5.74) is 5.23. The lowest BCUT2D eigenvalue weighted by molar-refractivity contribution is -0.000521. The van der Waals surface area contributed by atoms with Gasteiger partial charge >= 0.3 is 0 Å². The van der Waals surface area contributed by atoms with E-state index in [1.807, 2.05) is 17.5 Å². The number of nitrogens with zero attached hydrogens (tertiary/aromatic N) is 3. The molecule has 6 heterocycles. The van der Waals surface area contributed by atoms with Gasteiger partial charge in [0.25, 0.3) is 17.7 Å². The zero-order chi connectivity index (χ0) is 36.3. The Balaban J connectivity index is 0.903. The van der Waals surface area contributed by atoms with Crippen LogP contribution in [0.1, 0.15) is 66.5 Å². The third-order valence-electron chi connectivity index (χ3n) is 10.8. The van der Waals surface area contributed by atoms with E-state index < -0.39 is 23.2 Å². The fourth-order valence-corrected chi connectivity index (χ4v) is 10.1. The van der Waals surface area contributed by atoms with E-state index in [-0.39, 0.29) is 17.2 Å². The number of aryl methyl sites for hydroxylation is 2. The minimum Gasteiger partial charge on any atom is -0.381 e. The molecule has 9 rings (SSSR count). The molecule has 2 fully saturated rings. The Morgan fingerprint density at radius 1 is 0.849 bits per heavy atom. The molecule has 9 nitrogen and oxygen atoms in total. The summed E-state index contributed by atoms with van der Waals surface area (Å²) >= 11 is 2.70. The Kier molecular flexibility index (Phi) is 8.59. The highest BCUT2D eigenvalue weighted by atomic mass is 32.1. The molecule has 13 heteroatoms. The maximum Gasteiger partial charge on any atom is 0.265 e. The van der Waals surface area contributed by atoms with Crippen molar-refractivity contribution in [1.82, 2.24) is 4.98 Å². The van der Waals surface area contributed by atoms with Crippen LogP contribution in [-0.4, -0.2) is 55.6 Å². The van der Waals surface area contributed by atoms with E-state index in [2.05, 4.69) is 15.5 Å². The Bertz CT molecular complexity index is 2250. The van der Waals surface area contributed by atoms with Crippen LogP contribution in [0.2, 0.25) is 0 Å². The van der Waals surface area contributed by atoms with Gasteiger partial charge < -0.3 is 25.2 Å². The first kappa shape index (κ1) is 33.8. The number of nitrogens with one attached hydrogen (secondary N) is 2. The fraction of sp³-hybridized carbons (Fsp3) is 0.300. The SMILES string of the molecule is O=C(Nc1c(F)cccc1F)c1cc2c(s1)-c1sccc1N(C(=O)c1ccc(NC(=O)c3cc4c(nc3N3CC5(CCOCC5)C3)CCC4)cc1)CC2. The number of halogens is 2. The molecule has 1 aliphatic carbocycles. The standard InChI is InChI=1S/C40H35F2N5O4S2/c41-28-4-2-5-29(42)33(28)45-38(49)32-20-25-11-15-47(31-12-18-52-35(31)34(25)53-32)39(50)23-7-9-26(10-8-23)43-37(48)27-19-24-3-1-6-30(24)44-36(27)46-21-40(22-46)13-16-51-17-14-40/h2,4-5,7-10,12,18-20H,1,3,6,11,13-17,21-22H2,(H,43,48)(H,45,49). The van der Waals surface area contributed by atoms with E-state index in [9.17, 15) is 23.2 Å². The molecule has 2 N–H and O–H groups in total. The molecular weight excluding hydrogens is 717 g/mol. The zero-order valence-electron chi connectivity index (χ0n) is 28.7. The molecule has 2 aromatic carbocycles. The highest BCUT2D eigenvalue weighted by molar-refractivity contribution is 7.23. The second kappa shape index (κ2) is 13.5. The number of fused-ring (bicyclic) bond motifs is 4. The highest BCUT2D eigenvalue weighted by Gasteiger charge is 2.45. The Morgan fingerprint density at radius 2 is 1.62 bits per heavy atom. The van der Waals surface area contributed by atoms with Gasteiger partial charge in [-0.05, 0) is 110 Å². The number of carbonyl (C=O) groups excluding carboxylic acids is 3. The van der Waals surface area contributed by atoms with Crippen LogP contribution in [0.15, 0.2) is 66.0 Å². The fourth-order valence-electron chi connectivity index (χ4n) is 7.91. The summed E-state index contributed by atoms with van der Waals surface area (Å²) in [6.07, 6.45) is 5.44. The Hall–Kier alpha value is -4.98. The number of thiophene rings is 2. The van der Waals surface area contributed by atoms with Gasteiger partial charge in [0.05, 0.1) is 25.9 Å². The van der Waals surface area contributed by atoms with Crippen molar-refractivity contribution in [2.24, 2.45) is 5.41 Å². The van der Waals surface area contributed by atoms with E-state index in [4.69, 9.17) is 9.72 Å². The predicted molar refractivity (Wildman–Crippen MR) is 203 cm³/mol. The van der Waals surface area contributed by atoms with Crippen LogP contribution in [-0.2, 0) is 24.0 Å². The summed E-state index contributed by atoms with van der Waals surface area (Å²) in [6.45, 7) is 3.68. The molecular formula is C40H35F2N5O4S2. The molecule has 0 atom stereocenters. The van der Waals surface area contributed by atoms with Gasteiger partial charge in [-0.15, -0.1) is 22.7 Å². The first-order valence-electron chi connectivity index (χ1n) is 17.8. The highest BCUT2D eigenvalue weighted by Crippen LogP contribution is 2.46. The molecule has 3 amide bonds.